The lowest BCUT2D eigenvalue weighted by molar-refractivity contribution is 0.0679. The number of nitrogens with one attached hydrogen (secondary N) is 1. The van der Waals surface area contributed by atoms with Gasteiger partial charge in [0.2, 0.25) is 0 Å². The first-order valence-electron chi connectivity index (χ1n) is 8.01. The minimum absolute atomic E-state index is 0.227. The van der Waals surface area contributed by atoms with Crippen LogP contribution in [0.2, 0.25) is 0 Å². The van der Waals surface area contributed by atoms with E-state index in [0.717, 1.165) is 12.2 Å². The molecule has 128 valence electrons. The van der Waals surface area contributed by atoms with Crippen molar-refractivity contribution >= 4 is 28.6 Å². The Kier molecular flexibility index (Phi) is 5.77. The summed E-state index contributed by atoms with van der Waals surface area (Å²) in [5.41, 5.74) is 2.04. The Bertz CT molecular complexity index is 807. The topological polar surface area (TPSA) is 54.5 Å². The summed E-state index contributed by atoms with van der Waals surface area (Å²) in [5, 5.41) is 6.67. The molecule has 0 radical (unpaired) electrons. The zero-order valence-electron chi connectivity index (χ0n) is 13.9. The normalized spacial score (nSPS) is 10.4. The van der Waals surface area contributed by atoms with E-state index >= 15 is 0 Å². The van der Waals surface area contributed by atoms with E-state index in [1.54, 1.807) is 41.9 Å². The minimum Gasteiger partial charge on any atom is -0.380 e. The average Bonchev–Trinajstić information content (AvgIpc) is 3.18. The molecule has 6 heteroatoms. The molecule has 1 N–H and O–H groups in total. The number of hydrogen-bond acceptors (Lipinski definition) is 5. The van der Waals surface area contributed by atoms with Crippen LogP contribution in [0.25, 0.3) is 0 Å². The second-order valence-corrected chi connectivity index (χ2v) is 6.27. The van der Waals surface area contributed by atoms with Crippen LogP contribution in [0.3, 0.4) is 0 Å². The number of pyridine rings is 1. The molecule has 5 nitrogen and oxygen atoms in total. The van der Waals surface area contributed by atoms with Crippen LogP contribution in [0, 0.1) is 0 Å². The number of aromatic nitrogens is 1. The van der Waals surface area contributed by atoms with E-state index in [0.29, 0.717) is 17.9 Å². The molecule has 0 aliphatic carbocycles. The standard InChI is InChI=1S/C19H19N3O2S/c1-2-24-22(17-8-4-10-20-13-17)19(23)15-6-3-7-16(12-15)21-14-18-9-5-11-25-18/h3-13,21H,2,14H2,1H3. The zero-order chi connectivity index (χ0) is 17.5. The highest BCUT2D eigenvalue weighted by Crippen LogP contribution is 2.19. The van der Waals surface area contributed by atoms with Gasteiger partial charge in [-0.2, -0.15) is 5.06 Å². The van der Waals surface area contributed by atoms with Crippen molar-refractivity contribution in [1.82, 2.24) is 4.98 Å². The molecule has 0 fully saturated rings. The summed E-state index contributed by atoms with van der Waals surface area (Å²) in [5.74, 6) is -0.227. The summed E-state index contributed by atoms with van der Waals surface area (Å²) in [6, 6.07) is 15.1. The first-order valence-corrected chi connectivity index (χ1v) is 8.89. The number of nitrogens with zero attached hydrogens (tertiary/aromatic N) is 2. The van der Waals surface area contributed by atoms with Crippen LogP contribution in [0.1, 0.15) is 22.2 Å². The number of anilines is 2. The van der Waals surface area contributed by atoms with Gasteiger partial charge >= 0.3 is 0 Å². The maximum Gasteiger partial charge on any atom is 0.282 e. The number of carbonyl (C=O) groups excluding carboxylic acids is 1. The number of hydrogen-bond donors (Lipinski definition) is 1. The number of carbonyl (C=O) groups is 1. The Morgan fingerprint density at radius 2 is 2.16 bits per heavy atom. The lowest BCUT2D eigenvalue weighted by atomic mass is 10.2. The van der Waals surface area contributed by atoms with Gasteiger partial charge in [-0.05, 0) is 48.7 Å². The molecule has 0 aliphatic rings. The summed E-state index contributed by atoms with van der Waals surface area (Å²) < 4.78 is 0. The van der Waals surface area contributed by atoms with Crippen molar-refractivity contribution in [2.45, 2.75) is 13.5 Å². The van der Waals surface area contributed by atoms with Gasteiger partial charge < -0.3 is 5.32 Å². The minimum atomic E-state index is -0.227. The van der Waals surface area contributed by atoms with Gasteiger partial charge in [0.05, 0.1) is 18.5 Å². The lowest BCUT2D eigenvalue weighted by Gasteiger charge is -2.21. The van der Waals surface area contributed by atoms with Crippen molar-refractivity contribution in [3.8, 4) is 0 Å². The molecule has 0 spiro atoms. The molecule has 1 aromatic carbocycles. The third-order valence-corrected chi connectivity index (χ3v) is 4.36. The number of rotatable bonds is 7. The van der Waals surface area contributed by atoms with Gasteiger partial charge in [0.25, 0.3) is 5.91 Å². The second kappa shape index (κ2) is 8.41. The highest BCUT2D eigenvalue weighted by molar-refractivity contribution is 7.09. The van der Waals surface area contributed by atoms with Crippen molar-refractivity contribution in [3.63, 3.8) is 0 Å². The van der Waals surface area contributed by atoms with Gasteiger partial charge in [-0.25, -0.2) is 0 Å². The van der Waals surface area contributed by atoms with Crippen LogP contribution in [0.5, 0.6) is 0 Å². The molecule has 0 saturated heterocycles. The van der Waals surface area contributed by atoms with E-state index in [1.165, 1.54) is 9.94 Å². The van der Waals surface area contributed by atoms with Crippen LogP contribution < -0.4 is 10.4 Å². The highest BCUT2D eigenvalue weighted by atomic mass is 32.1. The van der Waals surface area contributed by atoms with Crippen LogP contribution in [0.15, 0.2) is 66.3 Å². The summed E-state index contributed by atoms with van der Waals surface area (Å²) in [4.78, 5) is 23.7. The van der Waals surface area contributed by atoms with E-state index in [4.69, 9.17) is 4.84 Å². The van der Waals surface area contributed by atoms with Crippen LogP contribution >= 0.6 is 11.3 Å². The predicted molar refractivity (Wildman–Crippen MR) is 101 cm³/mol. The highest BCUT2D eigenvalue weighted by Gasteiger charge is 2.19. The number of amides is 1. The van der Waals surface area contributed by atoms with Gasteiger partial charge in [-0.1, -0.05) is 12.1 Å². The fourth-order valence-corrected chi connectivity index (χ4v) is 2.98. The Balaban J connectivity index is 1.77. The van der Waals surface area contributed by atoms with E-state index < -0.39 is 0 Å². The summed E-state index contributed by atoms with van der Waals surface area (Å²) in [7, 11) is 0. The predicted octanol–water partition coefficient (Wildman–Crippen LogP) is 4.35. The third-order valence-electron chi connectivity index (χ3n) is 3.48. The lowest BCUT2D eigenvalue weighted by Crippen LogP contribution is -2.31. The third kappa shape index (κ3) is 4.43. The smallest absolute Gasteiger partial charge is 0.282 e. The Labute approximate surface area is 150 Å². The van der Waals surface area contributed by atoms with Crippen LogP contribution in [-0.4, -0.2) is 17.5 Å². The van der Waals surface area contributed by atoms with E-state index in [2.05, 4.69) is 16.4 Å². The van der Waals surface area contributed by atoms with Crippen molar-refractivity contribution < 1.29 is 9.63 Å². The SMILES string of the molecule is CCON(C(=O)c1cccc(NCc2cccs2)c1)c1cccnc1. The molecule has 2 heterocycles. The molecule has 1 amide bonds. The molecular weight excluding hydrogens is 334 g/mol. The average molecular weight is 353 g/mol. The number of benzene rings is 1. The van der Waals surface area contributed by atoms with Crippen LogP contribution in [0.4, 0.5) is 11.4 Å². The van der Waals surface area contributed by atoms with Gasteiger partial charge in [-0.15, -0.1) is 11.3 Å². The molecule has 0 bridgehead atoms. The quantitative estimate of drug-likeness (QED) is 0.642. The van der Waals surface area contributed by atoms with E-state index in [1.807, 2.05) is 36.6 Å². The molecule has 0 unspecified atom stereocenters. The summed E-state index contributed by atoms with van der Waals surface area (Å²) in [6.07, 6.45) is 3.26. The first-order chi connectivity index (χ1) is 12.3. The van der Waals surface area contributed by atoms with Crippen molar-refractivity contribution in [2.24, 2.45) is 0 Å². The van der Waals surface area contributed by atoms with E-state index in [-0.39, 0.29) is 5.91 Å². The number of hydroxylamine groups is 1. The van der Waals surface area contributed by atoms with Crippen molar-refractivity contribution in [3.05, 3.63) is 76.7 Å². The van der Waals surface area contributed by atoms with Gasteiger partial charge in [0.1, 0.15) is 0 Å². The largest absolute Gasteiger partial charge is 0.380 e. The molecular formula is C19H19N3O2S. The van der Waals surface area contributed by atoms with Crippen molar-refractivity contribution in [2.75, 3.05) is 17.0 Å². The van der Waals surface area contributed by atoms with Gasteiger partial charge in [0.15, 0.2) is 0 Å². The van der Waals surface area contributed by atoms with Gasteiger partial charge in [0, 0.05) is 28.9 Å². The van der Waals surface area contributed by atoms with Crippen LogP contribution in [-0.2, 0) is 11.4 Å². The maximum atomic E-state index is 12.9. The van der Waals surface area contributed by atoms with E-state index in [9.17, 15) is 4.79 Å². The molecule has 0 saturated carbocycles. The molecule has 2 aromatic heterocycles. The van der Waals surface area contributed by atoms with Crippen molar-refractivity contribution in [1.29, 1.82) is 0 Å². The monoisotopic (exact) mass is 353 g/mol. The molecule has 3 rings (SSSR count). The molecule has 25 heavy (non-hydrogen) atoms. The molecule has 0 aliphatic heterocycles. The Morgan fingerprint density at radius 3 is 2.88 bits per heavy atom. The fraction of sp³-hybridized carbons (Fsp3) is 0.158. The number of thiophene rings is 1. The maximum absolute atomic E-state index is 12.9. The van der Waals surface area contributed by atoms with Gasteiger partial charge in [-0.3, -0.25) is 14.6 Å². The Hall–Kier alpha value is -2.70. The summed E-state index contributed by atoms with van der Waals surface area (Å²) >= 11 is 1.70. The second-order valence-electron chi connectivity index (χ2n) is 5.24. The summed E-state index contributed by atoms with van der Waals surface area (Å²) in [6.45, 7) is 2.96. The fourth-order valence-electron chi connectivity index (χ4n) is 2.34. The Morgan fingerprint density at radius 1 is 1.24 bits per heavy atom. The molecule has 0 atom stereocenters. The first kappa shape index (κ1) is 17.1. The zero-order valence-corrected chi connectivity index (χ0v) is 14.7. The molecule has 3 aromatic rings.